The third-order valence-electron chi connectivity index (χ3n) is 4.84. The number of H-pyrrole nitrogens is 1. The molecule has 2 aromatic carbocycles. The lowest BCUT2D eigenvalue weighted by atomic mass is 10.1. The molecule has 0 aliphatic carbocycles. The normalized spacial score (nSPS) is 10.8. The molecule has 7 heteroatoms. The molecule has 1 amide bonds. The van der Waals surface area contributed by atoms with Crippen molar-refractivity contribution in [3.63, 3.8) is 0 Å². The van der Waals surface area contributed by atoms with Crippen molar-refractivity contribution in [1.29, 1.82) is 0 Å². The summed E-state index contributed by atoms with van der Waals surface area (Å²) in [5.74, 6) is -0.656. The minimum Gasteiger partial charge on any atom is -0.452 e. The molecule has 0 aliphatic rings. The van der Waals surface area contributed by atoms with E-state index in [1.54, 1.807) is 6.92 Å². The Morgan fingerprint density at radius 1 is 1.10 bits per heavy atom. The Hall–Kier alpha value is -3.87. The summed E-state index contributed by atoms with van der Waals surface area (Å²) in [7, 11) is 0. The average Bonchev–Trinajstić information content (AvgIpc) is 3.36. The smallest absolute Gasteiger partial charge is 0.344 e. The SMILES string of the molecule is Cc1onc(-c2ccccc2)c1C(=O)OCC(=O)NCCc1c[nH]c2ccccc12. The molecule has 0 radical (unpaired) electrons. The van der Waals surface area contributed by atoms with Crippen molar-refractivity contribution in [1.82, 2.24) is 15.5 Å². The number of carbonyl (C=O) groups excluding carboxylic acids is 2. The van der Waals surface area contributed by atoms with Crippen molar-refractivity contribution in [3.05, 3.63) is 77.7 Å². The molecule has 0 atom stereocenters. The number of esters is 1. The number of hydrogen-bond donors (Lipinski definition) is 2. The maximum Gasteiger partial charge on any atom is 0.344 e. The second kappa shape index (κ2) is 8.65. The fourth-order valence-electron chi connectivity index (χ4n) is 3.33. The van der Waals surface area contributed by atoms with E-state index in [1.165, 1.54) is 0 Å². The number of fused-ring (bicyclic) bond motifs is 1. The van der Waals surface area contributed by atoms with Gasteiger partial charge in [-0.15, -0.1) is 0 Å². The van der Waals surface area contributed by atoms with Crippen molar-refractivity contribution in [2.24, 2.45) is 0 Å². The highest BCUT2D eigenvalue weighted by Gasteiger charge is 2.23. The number of aryl methyl sites for hydroxylation is 1. The molecular weight excluding hydrogens is 382 g/mol. The highest BCUT2D eigenvalue weighted by Crippen LogP contribution is 2.25. The molecule has 4 aromatic rings. The Bertz CT molecular complexity index is 1180. The van der Waals surface area contributed by atoms with Crippen LogP contribution in [0.4, 0.5) is 0 Å². The minimum atomic E-state index is -0.639. The van der Waals surface area contributed by atoms with Crippen LogP contribution in [0.5, 0.6) is 0 Å². The summed E-state index contributed by atoms with van der Waals surface area (Å²) in [6, 6.07) is 17.2. The predicted molar refractivity (Wildman–Crippen MR) is 112 cm³/mol. The molecule has 0 aliphatic heterocycles. The zero-order valence-corrected chi connectivity index (χ0v) is 16.5. The van der Waals surface area contributed by atoms with Crippen LogP contribution in [0.3, 0.4) is 0 Å². The van der Waals surface area contributed by atoms with Crippen LogP contribution in [0.15, 0.2) is 65.3 Å². The van der Waals surface area contributed by atoms with Gasteiger partial charge in [0.05, 0.1) is 0 Å². The maximum atomic E-state index is 12.5. The van der Waals surface area contributed by atoms with Crippen molar-refractivity contribution >= 4 is 22.8 Å². The summed E-state index contributed by atoms with van der Waals surface area (Å²) >= 11 is 0. The molecule has 152 valence electrons. The molecule has 0 spiro atoms. The fourth-order valence-corrected chi connectivity index (χ4v) is 3.33. The molecule has 2 heterocycles. The first-order valence-corrected chi connectivity index (χ1v) is 9.64. The summed E-state index contributed by atoms with van der Waals surface area (Å²) in [6.07, 6.45) is 2.61. The van der Waals surface area contributed by atoms with Crippen LogP contribution in [0, 0.1) is 6.92 Å². The van der Waals surface area contributed by atoms with Crippen molar-refractivity contribution in [2.75, 3.05) is 13.2 Å². The number of nitrogens with one attached hydrogen (secondary N) is 2. The lowest BCUT2D eigenvalue weighted by Crippen LogP contribution is -2.30. The number of rotatable bonds is 7. The molecule has 0 unspecified atom stereocenters. The molecule has 2 aromatic heterocycles. The van der Waals surface area contributed by atoms with Crippen molar-refractivity contribution in [3.8, 4) is 11.3 Å². The monoisotopic (exact) mass is 403 g/mol. The van der Waals surface area contributed by atoms with Crippen LogP contribution >= 0.6 is 0 Å². The highest BCUT2D eigenvalue weighted by atomic mass is 16.5. The molecule has 30 heavy (non-hydrogen) atoms. The predicted octanol–water partition coefficient (Wildman–Crippen LogP) is 3.65. The highest BCUT2D eigenvalue weighted by molar-refractivity contribution is 5.98. The van der Waals surface area contributed by atoms with E-state index in [0.717, 1.165) is 22.0 Å². The van der Waals surface area contributed by atoms with E-state index in [9.17, 15) is 9.59 Å². The average molecular weight is 403 g/mol. The third-order valence-corrected chi connectivity index (χ3v) is 4.84. The maximum absolute atomic E-state index is 12.5. The van der Waals surface area contributed by atoms with Gasteiger partial charge in [0.2, 0.25) is 0 Å². The van der Waals surface area contributed by atoms with E-state index in [2.05, 4.69) is 15.5 Å². The second-order valence-corrected chi connectivity index (χ2v) is 6.86. The first-order chi connectivity index (χ1) is 14.6. The zero-order valence-electron chi connectivity index (χ0n) is 16.5. The first-order valence-electron chi connectivity index (χ1n) is 9.64. The van der Waals surface area contributed by atoms with E-state index < -0.39 is 5.97 Å². The van der Waals surface area contributed by atoms with Gasteiger partial charge in [0.25, 0.3) is 5.91 Å². The third kappa shape index (κ3) is 4.10. The van der Waals surface area contributed by atoms with Crippen LogP contribution in [0.1, 0.15) is 21.7 Å². The van der Waals surface area contributed by atoms with Crippen LogP contribution in [0.2, 0.25) is 0 Å². The molecule has 0 fully saturated rings. The lowest BCUT2D eigenvalue weighted by molar-refractivity contribution is -0.124. The number of aromatic amines is 1. The number of aromatic nitrogens is 2. The van der Waals surface area contributed by atoms with E-state index in [0.29, 0.717) is 24.4 Å². The first kappa shape index (κ1) is 19.4. The quantitative estimate of drug-likeness (QED) is 0.459. The van der Waals surface area contributed by atoms with Crippen LogP contribution in [-0.4, -0.2) is 35.2 Å². The van der Waals surface area contributed by atoms with Crippen molar-refractivity contribution < 1.29 is 18.8 Å². The van der Waals surface area contributed by atoms with E-state index in [1.807, 2.05) is 60.8 Å². The Labute approximate surface area is 173 Å². The Morgan fingerprint density at radius 3 is 2.70 bits per heavy atom. The Balaban J connectivity index is 1.31. The zero-order chi connectivity index (χ0) is 20.9. The van der Waals surface area contributed by atoms with Gasteiger partial charge < -0.3 is 19.6 Å². The van der Waals surface area contributed by atoms with Crippen molar-refractivity contribution in [2.45, 2.75) is 13.3 Å². The molecular formula is C23H21N3O4. The summed E-state index contributed by atoms with van der Waals surface area (Å²) < 4.78 is 10.4. The molecule has 2 N–H and O–H groups in total. The second-order valence-electron chi connectivity index (χ2n) is 6.86. The molecule has 7 nitrogen and oxygen atoms in total. The number of carbonyl (C=O) groups is 2. The molecule has 4 rings (SSSR count). The van der Waals surface area contributed by atoms with Crippen LogP contribution in [-0.2, 0) is 16.0 Å². The molecule has 0 bridgehead atoms. The number of ether oxygens (including phenoxy) is 1. The van der Waals surface area contributed by atoms with Gasteiger partial charge in [-0.2, -0.15) is 0 Å². The number of benzene rings is 2. The van der Waals surface area contributed by atoms with Gasteiger partial charge in [0, 0.05) is 29.2 Å². The number of amides is 1. The van der Waals surface area contributed by atoms with E-state index in [-0.39, 0.29) is 18.1 Å². The van der Waals surface area contributed by atoms with Gasteiger partial charge in [0.1, 0.15) is 17.0 Å². The summed E-state index contributed by atoms with van der Waals surface area (Å²) in [4.78, 5) is 27.8. The molecule has 0 saturated heterocycles. The van der Waals surface area contributed by atoms with Gasteiger partial charge in [-0.3, -0.25) is 4.79 Å². The summed E-state index contributed by atoms with van der Waals surface area (Å²) in [5.41, 5.74) is 3.55. The van der Waals surface area contributed by atoms with E-state index in [4.69, 9.17) is 9.26 Å². The van der Waals surface area contributed by atoms with Gasteiger partial charge in [-0.25, -0.2) is 4.79 Å². The van der Waals surface area contributed by atoms with Gasteiger partial charge in [0.15, 0.2) is 6.61 Å². The standard InChI is InChI=1S/C23H21N3O4/c1-15-21(22(26-30-15)16-7-3-2-4-8-16)23(28)29-14-20(27)24-12-11-17-13-25-19-10-6-5-9-18(17)19/h2-10,13,25H,11-12,14H2,1H3,(H,24,27). The summed E-state index contributed by atoms with van der Waals surface area (Å²) in [5, 5.41) is 7.87. The number of hydrogen-bond acceptors (Lipinski definition) is 5. The van der Waals surface area contributed by atoms with E-state index >= 15 is 0 Å². The topological polar surface area (TPSA) is 97.2 Å². The largest absolute Gasteiger partial charge is 0.452 e. The molecule has 0 saturated carbocycles. The van der Waals surface area contributed by atoms with Gasteiger partial charge in [-0.05, 0) is 25.0 Å². The number of para-hydroxylation sites is 1. The Kier molecular flexibility index (Phi) is 5.61. The lowest BCUT2D eigenvalue weighted by Gasteiger charge is -2.07. The van der Waals surface area contributed by atoms with Crippen LogP contribution in [0.25, 0.3) is 22.2 Å². The van der Waals surface area contributed by atoms with Gasteiger partial charge in [-0.1, -0.05) is 53.7 Å². The minimum absolute atomic E-state index is 0.229. The van der Waals surface area contributed by atoms with Crippen LogP contribution < -0.4 is 5.32 Å². The Morgan fingerprint density at radius 2 is 1.87 bits per heavy atom. The number of nitrogens with zero attached hydrogens (tertiary/aromatic N) is 1. The van der Waals surface area contributed by atoms with Gasteiger partial charge >= 0.3 is 5.97 Å². The fraction of sp³-hybridized carbons (Fsp3) is 0.174. The summed E-state index contributed by atoms with van der Waals surface area (Å²) in [6.45, 7) is 1.71.